The van der Waals surface area contributed by atoms with Gasteiger partial charge in [0, 0.05) is 0 Å². The lowest BCUT2D eigenvalue weighted by molar-refractivity contribution is 0.426. The third kappa shape index (κ3) is 3.11. The Morgan fingerprint density at radius 3 is 1.86 bits per heavy atom. The summed E-state index contributed by atoms with van der Waals surface area (Å²) in [7, 11) is -1.55. The summed E-state index contributed by atoms with van der Waals surface area (Å²) in [5, 5.41) is 24.7. The molecule has 5 rings (SSSR count). The van der Waals surface area contributed by atoms with Crippen molar-refractivity contribution in [3.63, 3.8) is 0 Å². The predicted molar refractivity (Wildman–Crippen MR) is 122 cm³/mol. The van der Waals surface area contributed by atoms with Crippen LogP contribution in [0.5, 0.6) is 0 Å². The average molecular weight is 374 g/mol. The maximum atomic E-state index is 10.2. The van der Waals surface area contributed by atoms with Gasteiger partial charge in [-0.3, -0.25) is 0 Å². The summed E-state index contributed by atoms with van der Waals surface area (Å²) in [4.78, 5) is 0. The second kappa shape index (κ2) is 7.21. The zero-order valence-corrected chi connectivity index (χ0v) is 15.8. The van der Waals surface area contributed by atoms with Crippen LogP contribution in [0.3, 0.4) is 0 Å². The van der Waals surface area contributed by atoms with E-state index in [2.05, 4.69) is 48.5 Å². The van der Waals surface area contributed by atoms with Gasteiger partial charge in [-0.05, 0) is 61.4 Å². The van der Waals surface area contributed by atoms with E-state index in [4.69, 9.17) is 0 Å². The Kier molecular flexibility index (Phi) is 4.40. The molecule has 0 aliphatic heterocycles. The molecule has 0 saturated carbocycles. The van der Waals surface area contributed by atoms with Crippen molar-refractivity contribution in [2.45, 2.75) is 0 Å². The molecular formula is C26H19BO2. The number of hydrogen-bond donors (Lipinski definition) is 2. The lowest BCUT2D eigenvalue weighted by Crippen LogP contribution is -2.31. The van der Waals surface area contributed by atoms with Crippen LogP contribution >= 0.6 is 0 Å². The Hall–Kier alpha value is -3.40. The number of benzene rings is 5. The van der Waals surface area contributed by atoms with Gasteiger partial charge in [-0.2, -0.15) is 0 Å². The molecule has 0 heterocycles. The normalized spacial score (nSPS) is 11.1. The summed E-state index contributed by atoms with van der Waals surface area (Å²) < 4.78 is 0. The van der Waals surface area contributed by atoms with Crippen LogP contribution in [-0.4, -0.2) is 17.2 Å². The van der Waals surface area contributed by atoms with Gasteiger partial charge in [0.1, 0.15) is 0 Å². The first kappa shape index (κ1) is 17.7. The molecule has 0 bridgehead atoms. The standard InChI is InChI=1S/C26H19BO2/c28-27(29)25-15-14-21-16-19-10-4-5-11-20(19)17-24(21)26(25)23-13-7-6-12-22(23)18-8-2-1-3-9-18/h1-17,28-29H. The van der Waals surface area contributed by atoms with E-state index in [0.29, 0.717) is 5.46 Å². The minimum Gasteiger partial charge on any atom is -0.423 e. The molecule has 2 N–H and O–H groups in total. The van der Waals surface area contributed by atoms with Gasteiger partial charge in [0.15, 0.2) is 0 Å². The van der Waals surface area contributed by atoms with Gasteiger partial charge < -0.3 is 10.0 Å². The molecule has 3 heteroatoms. The Morgan fingerprint density at radius 2 is 1.14 bits per heavy atom. The van der Waals surface area contributed by atoms with Crippen LogP contribution in [-0.2, 0) is 0 Å². The van der Waals surface area contributed by atoms with E-state index in [9.17, 15) is 10.0 Å². The van der Waals surface area contributed by atoms with Gasteiger partial charge in [0.25, 0.3) is 0 Å². The first-order chi connectivity index (χ1) is 14.2. The molecule has 29 heavy (non-hydrogen) atoms. The van der Waals surface area contributed by atoms with Gasteiger partial charge in [0.2, 0.25) is 0 Å². The van der Waals surface area contributed by atoms with E-state index in [0.717, 1.165) is 38.4 Å². The van der Waals surface area contributed by atoms with Crippen LogP contribution in [0.25, 0.3) is 43.8 Å². The monoisotopic (exact) mass is 374 g/mol. The second-order valence-corrected chi connectivity index (χ2v) is 7.24. The fourth-order valence-electron chi connectivity index (χ4n) is 4.12. The Labute approximate surface area is 169 Å². The van der Waals surface area contributed by atoms with E-state index >= 15 is 0 Å². The summed E-state index contributed by atoms with van der Waals surface area (Å²) in [6.07, 6.45) is 0. The van der Waals surface area contributed by atoms with Crippen LogP contribution in [0.15, 0.2) is 103 Å². The van der Waals surface area contributed by atoms with E-state index in [1.807, 2.05) is 54.6 Å². The topological polar surface area (TPSA) is 40.5 Å². The van der Waals surface area contributed by atoms with Crippen LogP contribution in [0.1, 0.15) is 0 Å². The third-order valence-electron chi connectivity index (χ3n) is 5.48. The molecule has 138 valence electrons. The van der Waals surface area contributed by atoms with Crippen molar-refractivity contribution >= 4 is 34.1 Å². The van der Waals surface area contributed by atoms with Gasteiger partial charge in [-0.25, -0.2) is 0 Å². The van der Waals surface area contributed by atoms with Crippen molar-refractivity contribution in [2.75, 3.05) is 0 Å². The molecule has 0 aliphatic carbocycles. The molecule has 0 atom stereocenters. The molecule has 0 aromatic heterocycles. The largest absolute Gasteiger partial charge is 0.489 e. The fraction of sp³-hybridized carbons (Fsp3) is 0. The highest BCUT2D eigenvalue weighted by Crippen LogP contribution is 2.36. The van der Waals surface area contributed by atoms with Gasteiger partial charge in [-0.15, -0.1) is 0 Å². The summed E-state index contributed by atoms with van der Waals surface area (Å²) in [5.74, 6) is 0. The highest BCUT2D eigenvalue weighted by molar-refractivity contribution is 6.61. The van der Waals surface area contributed by atoms with E-state index in [1.165, 1.54) is 5.39 Å². The first-order valence-corrected chi connectivity index (χ1v) is 9.69. The van der Waals surface area contributed by atoms with E-state index < -0.39 is 7.12 Å². The highest BCUT2D eigenvalue weighted by Gasteiger charge is 2.21. The van der Waals surface area contributed by atoms with Gasteiger partial charge in [0.05, 0.1) is 0 Å². The van der Waals surface area contributed by atoms with Crippen molar-refractivity contribution in [3.05, 3.63) is 103 Å². The summed E-state index contributed by atoms with van der Waals surface area (Å²) in [6.45, 7) is 0. The van der Waals surface area contributed by atoms with Crippen LogP contribution in [0.4, 0.5) is 0 Å². The average Bonchev–Trinajstić information content (AvgIpc) is 2.77. The molecule has 0 spiro atoms. The van der Waals surface area contributed by atoms with Crippen LogP contribution in [0.2, 0.25) is 0 Å². The molecule has 2 nitrogen and oxygen atoms in total. The summed E-state index contributed by atoms with van der Waals surface area (Å²) >= 11 is 0. The maximum absolute atomic E-state index is 10.2. The van der Waals surface area contributed by atoms with E-state index in [1.54, 1.807) is 0 Å². The first-order valence-electron chi connectivity index (χ1n) is 9.69. The van der Waals surface area contributed by atoms with Crippen LogP contribution < -0.4 is 5.46 Å². The quantitative estimate of drug-likeness (QED) is 0.344. The Balaban J connectivity index is 1.89. The summed E-state index contributed by atoms with van der Waals surface area (Å²) in [5.41, 5.74) is 4.52. The SMILES string of the molecule is OB(O)c1ccc2cc3ccccc3cc2c1-c1ccccc1-c1ccccc1. The van der Waals surface area contributed by atoms with E-state index in [-0.39, 0.29) is 0 Å². The Bertz CT molecular complexity index is 1330. The lowest BCUT2D eigenvalue weighted by Gasteiger charge is -2.17. The van der Waals surface area contributed by atoms with Gasteiger partial charge >= 0.3 is 7.12 Å². The second-order valence-electron chi connectivity index (χ2n) is 7.24. The maximum Gasteiger partial charge on any atom is 0.489 e. The minimum absolute atomic E-state index is 0.510. The van der Waals surface area contributed by atoms with Crippen molar-refractivity contribution in [2.24, 2.45) is 0 Å². The zero-order chi connectivity index (χ0) is 19.8. The molecule has 5 aromatic rings. The molecular weight excluding hydrogens is 355 g/mol. The van der Waals surface area contributed by atoms with Crippen molar-refractivity contribution in [1.82, 2.24) is 0 Å². The fourth-order valence-corrected chi connectivity index (χ4v) is 4.12. The number of rotatable bonds is 3. The summed E-state index contributed by atoms with van der Waals surface area (Å²) in [6, 6.07) is 34.7. The van der Waals surface area contributed by atoms with Crippen LogP contribution in [0, 0.1) is 0 Å². The lowest BCUT2D eigenvalue weighted by atomic mass is 9.72. The highest BCUT2D eigenvalue weighted by atomic mass is 16.4. The van der Waals surface area contributed by atoms with Crippen molar-refractivity contribution in [3.8, 4) is 22.3 Å². The number of fused-ring (bicyclic) bond motifs is 2. The molecule has 0 unspecified atom stereocenters. The molecule has 0 fully saturated rings. The molecule has 0 amide bonds. The smallest absolute Gasteiger partial charge is 0.423 e. The third-order valence-corrected chi connectivity index (χ3v) is 5.48. The molecule has 5 aromatic carbocycles. The Morgan fingerprint density at radius 1 is 0.517 bits per heavy atom. The minimum atomic E-state index is -1.55. The number of hydrogen-bond acceptors (Lipinski definition) is 2. The van der Waals surface area contributed by atoms with Crippen molar-refractivity contribution < 1.29 is 10.0 Å². The molecule has 0 saturated heterocycles. The zero-order valence-electron chi connectivity index (χ0n) is 15.8. The molecule has 0 radical (unpaired) electrons. The predicted octanol–water partition coefficient (Wildman–Crippen LogP) is 5.01. The van der Waals surface area contributed by atoms with Crippen molar-refractivity contribution in [1.29, 1.82) is 0 Å². The molecule has 0 aliphatic rings. The van der Waals surface area contributed by atoms with Gasteiger partial charge in [-0.1, -0.05) is 91.0 Å².